The minimum Gasteiger partial charge on any atom is -0.477 e. The SMILES string of the molecule is CC(C)Oc1nn(C2CCCCC2)c2nc(C(=O)O)cc(-c3ccc(CN4CCOCC4)cc3)c12. The number of carboxylic acid groups (broad SMARTS) is 1. The number of hydrogen-bond donors (Lipinski definition) is 1. The van der Waals surface area contributed by atoms with Crippen molar-refractivity contribution in [3.63, 3.8) is 0 Å². The highest BCUT2D eigenvalue weighted by molar-refractivity contribution is 6.01. The highest BCUT2D eigenvalue weighted by Crippen LogP contribution is 2.39. The lowest BCUT2D eigenvalue weighted by Gasteiger charge is -2.26. The summed E-state index contributed by atoms with van der Waals surface area (Å²) in [6.07, 6.45) is 5.48. The Bertz CT molecular complexity index is 1180. The third-order valence-corrected chi connectivity index (χ3v) is 6.89. The quantitative estimate of drug-likeness (QED) is 0.515. The van der Waals surface area contributed by atoms with Crippen molar-refractivity contribution in [3.8, 4) is 17.0 Å². The fourth-order valence-corrected chi connectivity index (χ4v) is 5.13. The monoisotopic (exact) mass is 478 g/mol. The molecule has 1 saturated heterocycles. The fourth-order valence-electron chi connectivity index (χ4n) is 5.13. The van der Waals surface area contributed by atoms with Crippen molar-refractivity contribution in [1.82, 2.24) is 19.7 Å². The molecule has 186 valence electrons. The Morgan fingerprint density at radius 1 is 1.14 bits per heavy atom. The zero-order chi connectivity index (χ0) is 24.4. The maximum Gasteiger partial charge on any atom is 0.354 e. The van der Waals surface area contributed by atoms with Crippen LogP contribution in [0.3, 0.4) is 0 Å². The first kappa shape index (κ1) is 23.8. The summed E-state index contributed by atoms with van der Waals surface area (Å²) < 4.78 is 13.5. The highest BCUT2D eigenvalue weighted by Gasteiger charge is 2.26. The number of pyridine rings is 1. The molecule has 0 spiro atoms. The molecule has 3 aromatic rings. The Hall–Kier alpha value is -2.97. The van der Waals surface area contributed by atoms with Gasteiger partial charge in [0.2, 0.25) is 5.88 Å². The van der Waals surface area contributed by atoms with Crippen molar-refractivity contribution in [1.29, 1.82) is 0 Å². The summed E-state index contributed by atoms with van der Waals surface area (Å²) in [5.41, 5.74) is 3.57. The number of fused-ring (bicyclic) bond motifs is 1. The maximum atomic E-state index is 12.0. The van der Waals surface area contributed by atoms with Gasteiger partial charge in [-0.1, -0.05) is 43.5 Å². The van der Waals surface area contributed by atoms with Crippen LogP contribution in [0.4, 0.5) is 0 Å². The van der Waals surface area contributed by atoms with Crippen molar-refractivity contribution < 1.29 is 19.4 Å². The summed E-state index contributed by atoms with van der Waals surface area (Å²) in [5, 5.41) is 15.5. The molecule has 8 nitrogen and oxygen atoms in total. The molecule has 35 heavy (non-hydrogen) atoms. The Labute approximate surface area is 205 Å². The van der Waals surface area contributed by atoms with E-state index < -0.39 is 5.97 Å². The lowest BCUT2D eigenvalue weighted by atomic mass is 9.95. The molecule has 5 rings (SSSR count). The van der Waals surface area contributed by atoms with E-state index in [4.69, 9.17) is 14.6 Å². The number of aromatic carboxylic acids is 1. The molecule has 2 aliphatic rings. The lowest BCUT2D eigenvalue weighted by Crippen LogP contribution is -2.35. The molecule has 2 aromatic heterocycles. The van der Waals surface area contributed by atoms with Gasteiger partial charge in [0, 0.05) is 25.2 Å². The predicted octanol–water partition coefficient (Wildman–Crippen LogP) is 4.92. The van der Waals surface area contributed by atoms with Crippen LogP contribution < -0.4 is 4.74 Å². The van der Waals surface area contributed by atoms with Gasteiger partial charge in [-0.2, -0.15) is 0 Å². The van der Waals surface area contributed by atoms with E-state index in [0.717, 1.165) is 75.0 Å². The average molecular weight is 479 g/mol. The topological polar surface area (TPSA) is 89.7 Å². The largest absolute Gasteiger partial charge is 0.477 e. The van der Waals surface area contributed by atoms with Crippen LogP contribution in [0.25, 0.3) is 22.2 Å². The van der Waals surface area contributed by atoms with Crippen LogP contribution in [0.1, 0.15) is 68.0 Å². The Balaban J connectivity index is 1.59. The van der Waals surface area contributed by atoms with E-state index in [1.807, 2.05) is 18.5 Å². The first-order valence-electron chi connectivity index (χ1n) is 12.7. The summed E-state index contributed by atoms with van der Waals surface area (Å²) in [5.74, 6) is -0.516. The summed E-state index contributed by atoms with van der Waals surface area (Å²) in [6.45, 7) is 8.24. The van der Waals surface area contributed by atoms with Crippen molar-refractivity contribution in [3.05, 3.63) is 41.6 Å². The van der Waals surface area contributed by atoms with Gasteiger partial charge in [0.05, 0.1) is 30.7 Å². The maximum absolute atomic E-state index is 12.0. The molecule has 2 fully saturated rings. The number of carbonyl (C=O) groups is 1. The van der Waals surface area contributed by atoms with Crippen molar-refractivity contribution in [2.75, 3.05) is 26.3 Å². The molecule has 1 aromatic carbocycles. The molecule has 0 bridgehead atoms. The van der Waals surface area contributed by atoms with Crippen LogP contribution >= 0.6 is 0 Å². The van der Waals surface area contributed by atoms with Crippen LogP contribution in [0, 0.1) is 0 Å². The number of morpholine rings is 1. The van der Waals surface area contributed by atoms with Crippen molar-refractivity contribution in [2.45, 2.75) is 64.6 Å². The number of nitrogens with zero attached hydrogens (tertiary/aromatic N) is 4. The molecular weight excluding hydrogens is 444 g/mol. The van der Waals surface area contributed by atoms with Crippen LogP contribution in [0.2, 0.25) is 0 Å². The molecule has 0 radical (unpaired) electrons. The summed E-state index contributed by atoms with van der Waals surface area (Å²) in [6, 6.07) is 10.2. The second-order valence-corrected chi connectivity index (χ2v) is 9.85. The van der Waals surface area contributed by atoms with Gasteiger partial charge in [-0.05, 0) is 43.9 Å². The highest BCUT2D eigenvalue weighted by atomic mass is 16.5. The van der Waals surface area contributed by atoms with E-state index in [1.54, 1.807) is 6.07 Å². The third-order valence-electron chi connectivity index (χ3n) is 6.89. The molecule has 1 aliphatic carbocycles. The molecule has 0 atom stereocenters. The molecule has 3 heterocycles. The number of carboxylic acids is 1. The van der Waals surface area contributed by atoms with Crippen molar-refractivity contribution >= 4 is 17.0 Å². The fraction of sp³-hybridized carbons (Fsp3) is 0.519. The van der Waals surface area contributed by atoms with Gasteiger partial charge in [-0.15, -0.1) is 5.10 Å². The van der Waals surface area contributed by atoms with Gasteiger partial charge < -0.3 is 14.6 Å². The van der Waals surface area contributed by atoms with E-state index in [0.29, 0.717) is 11.5 Å². The first-order valence-corrected chi connectivity index (χ1v) is 12.7. The zero-order valence-corrected chi connectivity index (χ0v) is 20.6. The lowest BCUT2D eigenvalue weighted by molar-refractivity contribution is 0.0342. The minimum absolute atomic E-state index is 0.0259. The first-order chi connectivity index (χ1) is 17.0. The second kappa shape index (κ2) is 10.3. The number of benzene rings is 1. The van der Waals surface area contributed by atoms with E-state index in [-0.39, 0.29) is 17.8 Å². The molecule has 0 amide bonds. The third kappa shape index (κ3) is 5.18. The molecule has 0 unspecified atom stereocenters. The van der Waals surface area contributed by atoms with Crippen LogP contribution in [-0.4, -0.2) is 63.1 Å². The molecule has 1 aliphatic heterocycles. The summed E-state index contributed by atoms with van der Waals surface area (Å²) >= 11 is 0. The molecule has 1 saturated carbocycles. The zero-order valence-electron chi connectivity index (χ0n) is 20.6. The Morgan fingerprint density at radius 3 is 2.51 bits per heavy atom. The number of ether oxygens (including phenoxy) is 2. The van der Waals surface area contributed by atoms with Crippen molar-refractivity contribution in [2.24, 2.45) is 0 Å². The van der Waals surface area contributed by atoms with Gasteiger partial charge in [0.15, 0.2) is 11.3 Å². The van der Waals surface area contributed by atoms with Gasteiger partial charge in [-0.3, -0.25) is 4.90 Å². The Morgan fingerprint density at radius 2 is 1.86 bits per heavy atom. The normalized spacial score (nSPS) is 17.8. The van der Waals surface area contributed by atoms with Crippen LogP contribution in [0.5, 0.6) is 5.88 Å². The van der Waals surface area contributed by atoms with Gasteiger partial charge in [0.1, 0.15) is 0 Å². The minimum atomic E-state index is -1.04. The molecular formula is C27H34N4O4. The van der Waals surface area contributed by atoms with Gasteiger partial charge in [-0.25, -0.2) is 14.5 Å². The standard InChI is InChI=1S/C27H34N4O4/c1-18(2)35-26-24-22(20-10-8-19(9-11-20)17-30-12-14-34-15-13-30)16-23(27(32)33)28-25(24)31(29-26)21-6-4-3-5-7-21/h8-11,16,18,21H,3-7,12-15,17H2,1-2H3,(H,32,33). The Kier molecular flexibility index (Phi) is 7.02. The predicted molar refractivity (Wildman–Crippen MR) is 134 cm³/mol. The van der Waals surface area contributed by atoms with E-state index in [1.165, 1.54) is 12.0 Å². The van der Waals surface area contributed by atoms with Crippen LogP contribution in [-0.2, 0) is 11.3 Å². The molecule has 1 N–H and O–H groups in total. The van der Waals surface area contributed by atoms with E-state index in [2.05, 4.69) is 34.1 Å². The average Bonchev–Trinajstić information content (AvgIpc) is 3.23. The summed E-state index contributed by atoms with van der Waals surface area (Å²) in [7, 11) is 0. The van der Waals surface area contributed by atoms with E-state index in [9.17, 15) is 9.90 Å². The smallest absolute Gasteiger partial charge is 0.354 e. The van der Waals surface area contributed by atoms with Gasteiger partial charge in [0.25, 0.3) is 0 Å². The van der Waals surface area contributed by atoms with Crippen LogP contribution in [0.15, 0.2) is 30.3 Å². The molecule has 8 heteroatoms. The summed E-state index contributed by atoms with van der Waals surface area (Å²) in [4.78, 5) is 19.0. The second-order valence-electron chi connectivity index (χ2n) is 9.85. The number of hydrogen-bond acceptors (Lipinski definition) is 6. The van der Waals surface area contributed by atoms with Gasteiger partial charge >= 0.3 is 5.97 Å². The number of aromatic nitrogens is 3. The van der Waals surface area contributed by atoms with E-state index >= 15 is 0 Å². The number of rotatable bonds is 7.